The van der Waals surface area contributed by atoms with Gasteiger partial charge in [0.25, 0.3) is 5.91 Å². The summed E-state index contributed by atoms with van der Waals surface area (Å²) < 4.78 is 10.7. The van der Waals surface area contributed by atoms with Gasteiger partial charge >= 0.3 is 0 Å². The second-order valence-corrected chi connectivity index (χ2v) is 6.64. The maximum Gasteiger partial charge on any atom is 0.253 e. The van der Waals surface area contributed by atoms with Crippen molar-refractivity contribution in [3.8, 4) is 22.6 Å². The molecule has 0 saturated carbocycles. The number of carbonyl (C=O) groups is 2. The zero-order valence-corrected chi connectivity index (χ0v) is 15.6. The number of rotatable bonds is 5. The predicted octanol–water partition coefficient (Wildman–Crippen LogP) is 2.71. The number of amides is 2. The van der Waals surface area contributed by atoms with Gasteiger partial charge in [0, 0.05) is 30.3 Å². The SMILES string of the molecule is COc1ccc(-c2ccc(C(=O)N3CCC[C@@H](C(N)=O)C3)cc2)c(OC)c1. The number of nitrogens with two attached hydrogens (primary N) is 1. The summed E-state index contributed by atoms with van der Waals surface area (Å²) in [4.78, 5) is 25.9. The summed E-state index contributed by atoms with van der Waals surface area (Å²) in [5, 5.41) is 0. The number of likely N-dealkylation sites (tertiary alicyclic amines) is 1. The van der Waals surface area contributed by atoms with Crippen LogP contribution in [0.2, 0.25) is 0 Å². The summed E-state index contributed by atoms with van der Waals surface area (Å²) in [6, 6.07) is 13.0. The zero-order chi connectivity index (χ0) is 19.4. The van der Waals surface area contributed by atoms with Gasteiger partial charge in [0.05, 0.1) is 20.1 Å². The number of ether oxygens (including phenoxy) is 2. The fourth-order valence-electron chi connectivity index (χ4n) is 3.41. The first-order valence-corrected chi connectivity index (χ1v) is 8.94. The molecule has 2 N–H and O–H groups in total. The van der Waals surface area contributed by atoms with Gasteiger partial charge in [-0.25, -0.2) is 0 Å². The molecular formula is C21H24N2O4. The third kappa shape index (κ3) is 4.05. The molecule has 6 heteroatoms. The Balaban J connectivity index is 1.79. The van der Waals surface area contributed by atoms with Crippen LogP contribution in [-0.2, 0) is 4.79 Å². The smallest absolute Gasteiger partial charge is 0.253 e. The Kier molecular flexibility index (Phi) is 5.64. The maximum absolute atomic E-state index is 12.8. The van der Waals surface area contributed by atoms with E-state index in [-0.39, 0.29) is 17.7 Å². The number of primary amides is 1. The van der Waals surface area contributed by atoms with E-state index < -0.39 is 0 Å². The molecule has 1 saturated heterocycles. The van der Waals surface area contributed by atoms with Crippen molar-refractivity contribution in [1.82, 2.24) is 4.90 Å². The molecule has 3 rings (SSSR count). The lowest BCUT2D eigenvalue weighted by Crippen LogP contribution is -2.44. The minimum absolute atomic E-state index is 0.0748. The van der Waals surface area contributed by atoms with Crippen molar-refractivity contribution in [3.63, 3.8) is 0 Å². The predicted molar refractivity (Wildman–Crippen MR) is 103 cm³/mol. The summed E-state index contributed by atoms with van der Waals surface area (Å²) in [6.45, 7) is 1.04. The van der Waals surface area contributed by atoms with Crippen molar-refractivity contribution in [3.05, 3.63) is 48.0 Å². The molecule has 1 aliphatic heterocycles. The minimum Gasteiger partial charge on any atom is -0.497 e. The standard InChI is InChI=1S/C21H24N2O4/c1-26-17-9-10-18(19(12-17)27-2)14-5-7-15(8-6-14)21(25)23-11-3-4-16(13-23)20(22)24/h5-10,12,16H,3-4,11,13H2,1-2H3,(H2,22,24)/t16-/m1/s1. The summed E-state index contributed by atoms with van der Waals surface area (Å²) in [5.74, 6) is 0.749. The van der Waals surface area contributed by atoms with Crippen molar-refractivity contribution >= 4 is 11.8 Å². The van der Waals surface area contributed by atoms with Crippen LogP contribution in [0.4, 0.5) is 0 Å². The molecular weight excluding hydrogens is 344 g/mol. The zero-order valence-electron chi connectivity index (χ0n) is 15.6. The number of hydrogen-bond donors (Lipinski definition) is 1. The highest BCUT2D eigenvalue weighted by molar-refractivity contribution is 5.95. The monoisotopic (exact) mass is 368 g/mol. The molecule has 1 heterocycles. The van der Waals surface area contributed by atoms with E-state index in [0.29, 0.717) is 24.4 Å². The molecule has 2 aromatic rings. The largest absolute Gasteiger partial charge is 0.497 e. The molecule has 1 fully saturated rings. The van der Waals surface area contributed by atoms with Gasteiger partial charge in [0.2, 0.25) is 5.91 Å². The Bertz CT molecular complexity index is 833. The molecule has 0 aromatic heterocycles. The van der Waals surface area contributed by atoms with Crippen LogP contribution >= 0.6 is 0 Å². The number of carbonyl (C=O) groups excluding carboxylic acids is 2. The van der Waals surface area contributed by atoms with E-state index in [9.17, 15) is 9.59 Å². The van der Waals surface area contributed by atoms with Gasteiger partial charge in [-0.1, -0.05) is 12.1 Å². The molecule has 142 valence electrons. The molecule has 27 heavy (non-hydrogen) atoms. The van der Waals surface area contributed by atoms with Crippen LogP contribution in [0.1, 0.15) is 23.2 Å². The second kappa shape index (κ2) is 8.12. The van der Waals surface area contributed by atoms with Gasteiger partial charge in [-0.3, -0.25) is 9.59 Å². The number of piperidine rings is 1. The summed E-state index contributed by atoms with van der Waals surface area (Å²) in [5.41, 5.74) is 7.86. The molecule has 0 aliphatic carbocycles. The molecule has 0 radical (unpaired) electrons. The van der Waals surface area contributed by atoms with E-state index in [0.717, 1.165) is 29.7 Å². The van der Waals surface area contributed by atoms with Crippen LogP contribution in [0.25, 0.3) is 11.1 Å². The van der Waals surface area contributed by atoms with E-state index in [4.69, 9.17) is 15.2 Å². The van der Waals surface area contributed by atoms with E-state index in [1.165, 1.54) is 0 Å². The van der Waals surface area contributed by atoms with Crippen LogP contribution in [0, 0.1) is 5.92 Å². The summed E-state index contributed by atoms with van der Waals surface area (Å²) in [7, 11) is 3.22. The first-order valence-electron chi connectivity index (χ1n) is 8.94. The number of methoxy groups -OCH3 is 2. The van der Waals surface area contributed by atoms with Crippen LogP contribution in [0.3, 0.4) is 0 Å². The van der Waals surface area contributed by atoms with Gasteiger partial charge in [0.1, 0.15) is 11.5 Å². The van der Waals surface area contributed by atoms with E-state index in [1.54, 1.807) is 31.3 Å². The van der Waals surface area contributed by atoms with Gasteiger partial charge in [-0.15, -0.1) is 0 Å². The van der Waals surface area contributed by atoms with Crippen LogP contribution in [0.5, 0.6) is 11.5 Å². The Morgan fingerprint density at radius 1 is 1.07 bits per heavy atom. The summed E-state index contributed by atoms with van der Waals surface area (Å²) >= 11 is 0. The van der Waals surface area contributed by atoms with Crippen molar-refractivity contribution < 1.29 is 19.1 Å². The third-order valence-electron chi connectivity index (χ3n) is 4.96. The van der Waals surface area contributed by atoms with Gasteiger partial charge in [0.15, 0.2) is 0 Å². The van der Waals surface area contributed by atoms with E-state index >= 15 is 0 Å². The Morgan fingerprint density at radius 3 is 2.44 bits per heavy atom. The molecule has 2 amide bonds. The fraction of sp³-hybridized carbons (Fsp3) is 0.333. The van der Waals surface area contributed by atoms with Crippen LogP contribution < -0.4 is 15.2 Å². The van der Waals surface area contributed by atoms with Gasteiger partial charge < -0.3 is 20.1 Å². The fourth-order valence-corrected chi connectivity index (χ4v) is 3.41. The quantitative estimate of drug-likeness (QED) is 0.880. The number of hydrogen-bond acceptors (Lipinski definition) is 4. The van der Waals surface area contributed by atoms with Crippen molar-refractivity contribution in [2.75, 3.05) is 27.3 Å². The molecule has 6 nitrogen and oxygen atoms in total. The molecule has 0 spiro atoms. The van der Waals surface area contributed by atoms with Crippen LogP contribution in [0.15, 0.2) is 42.5 Å². The average Bonchev–Trinajstić information content (AvgIpc) is 2.73. The Hall–Kier alpha value is -3.02. The highest BCUT2D eigenvalue weighted by Gasteiger charge is 2.27. The topological polar surface area (TPSA) is 81.9 Å². The lowest BCUT2D eigenvalue weighted by atomic mass is 9.96. The lowest BCUT2D eigenvalue weighted by Gasteiger charge is -2.31. The van der Waals surface area contributed by atoms with Crippen molar-refractivity contribution in [2.45, 2.75) is 12.8 Å². The van der Waals surface area contributed by atoms with Crippen molar-refractivity contribution in [2.24, 2.45) is 11.7 Å². The van der Waals surface area contributed by atoms with E-state index in [2.05, 4.69) is 0 Å². The third-order valence-corrected chi connectivity index (χ3v) is 4.96. The van der Waals surface area contributed by atoms with Crippen LogP contribution in [-0.4, -0.2) is 44.0 Å². The first kappa shape index (κ1) is 18.8. The number of benzene rings is 2. The molecule has 0 bridgehead atoms. The molecule has 0 unspecified atom stereocenters. The highest BCUT2D eigenvalue weighted by Crippen LogP contribution is 2.33. The van der Waals surface area contributed by atoms with Gasteiger partial charge in [-0.05, 0) is 42.7 Å². The lowest BCUT2D eigenvalue weighted by molar-refractivity contribution is -0.123. The molecule has 2 aromatic carbocycles. The second-order valence-electron chi connectivity index (χ2n) is 6.64. The summed E-state index contributed by atoms with van der Waals surface area (Å²) in [6.07, 6.45) is 1.54. The Morgan fingerprint density at radius 2 is 1.81 bits per heavy atom. The minimum atomic E-state index is -0.338. The van der Waals surface area contributed by atoms with Gasteiger partial charge in [-0.2, -0.15) is 0 Å². The van der Waals surface area contributed by atoms with Crippen molar-refractivity contribution in [1.29, 1.82) is 0 Å². The first-order chi connectivity index (χ1) is 13.0. The van der Waals surface area contributed by atoms with E-state index in [1.807, 2.05) is 30.3 Å². The number of nitrogens with zero attached hydrogens (tertiary/aromatic N) is 1. The highest BCUT2D eigenvalue weighted by atomic mass is 16.5. The maximum atomic E-state index is 12.8. The normalized spacial score (nSPS) is 16.7. The Labute approximate surface area is 158 Å². The molecule has 1 aliphatic rings. The average molecular weight is 368 g/mol. The molecule has 1 atom stereocenters.